The largest absolute Gasteiger partial charge is 0.493 e. The van der Waals surface area contributed by atoms with E-state index in [1.165, 1.54) is 48.4 Å². The Morgan fingerprint density at radius 3 is 2.67 bits per heavy atom. The Kier molecular flexibility index (Phi) is 7.52. The van der Waals surface area contributed by atoms with Crippen molar-refractivity contribution >= 4 is 45.7 Å². The van der Waals surface area contributed by atoms with Crippen molar-refractivity contribution in [2.24, 2.45) is 0 Å². The summed E-state index contributed by atoms with van der Waals surface area (Å²) in [6.07, 6.45) is -0.0942. The lowest BCUT2D eigenvalue weighted by Gasteiger charge is -2.16. The molecule has 1 heterocycles. The molecule has 0 aliphatic carbocycles. The number of carbonyl (C=O) groups excluding carboxylic acids is 1. The summed E-state index contributed by atoms with van der Waals surface area (Å²) in [6, 6.07) is 9.34. The molecule has 10 heteroatoms. The third-order valence-corrected chi connectivity index (χ3v) is 6.07. The number of hydrogen-bond donors (Lipinski definition) is 1. The molecule has 6 nitrogen and oxygen atoms in total. The van der Waals surface area contributed by atoms with Gasteiger partial charge >= 0.3 is 0 Å². The molecule has 1 amide bonds. The summed E-state index contributed by atoms with van der Waals surface area (Å²) in [4.78, 5) is 12.6. The maximum atomic E-state index is 13.0. The maximum absolute atomic E-state index is 13.0. The van der Waals surface area contributed by atoms with Gasteiger partial charge in [-0.25, -0.2) is 4.39 Å². The monoisotopic (exact) mass is 467 g/mol. The van der Waals surface area contributed by atoms with Gasteiger partial charge in [-0.15, -0.1) is 10.2 Å². The summed E-state index contributed by atoms with van der Waals surface area (Å²) in [5.41, 5.74) is 1.27. The second kappa shape index (κ2) is 10.1. The SMILES string of the molecule is COc1cc(C(=O)Nc2nnc(SCc3ccc(F)cc3)s2)cc(Cl)c1OC(C)C. The number of rotatable bonds is 8. The molecule has 0 bridgehead atoms. The van der Waals surface area contributed by atoms with Crippen LogP contribution in [0.2, 0.25) is 5.02 Å². The van der Waals surface area contributed by atoms with Crippen molar-refractivity contribution < 1.29 is 18.7 Å². The molecule has 0 unspecified atom stereocenters. The van der Waals surface area contributed by atoms with Crippen molar-refractivity contribution in [1.29, 1.82) is 0 Å². The second-order valence-electron chi connectivity index (χ2n) is 6.40. The standard InChI is InChI=1S/C20H19ClFN3O3S2/c1-11(2)28-17-15(21)8-13(9-16(17)27-3)18(26)23-19-24-25-20(30-19)29-10-12-4-6-14(22)7-5-12/h4-9,11H,10H2,1-3H3,(H,23,24,26). The molecule has 0 fully saturated rings. The first kappa shape index (κ1) is 22.3. The molecule has 0 saturated carbocycles. The van der Waals surface area contributed by atoms with E-state index in [2.05, 4.69) is 15.5 Å². The van der Waals surface area contributed by atoms with E-state index in [1.54, 1.807) is 18.2 Å². The average Bonchev–Trinajstić information content (AvgIpc) is 3.15. The van der Waals surface area contributed by atoms with Gasteiger partial charge in [0, 0.05) is 11.3 Å². The van der Waals surface area contributed by atoms with E-state index in [0.29, 0.717) is 32.3 Å². The first-order valence-corrected chi connectivity index (χ1v) is 11.1. The molecule has 0 atom stereocenters. The number of carbonyl (C=O) groups is 1. The summed E-state index contributed by atoms with van der Waals surface area (Å²) >= 11 is 8.98. The number of anilines is 1. The molecular weight excluding hydrogens is 449 g/mol. The fraction of sp³-hybridized carbons (Fsp3) is 0.250. The minimum Gasteiger partial charge on any atom is -0.493 e. The van der Waals surface area contributed by atoms with Crippen LogP contribution in [0.3, 0.4) is 0 Å². The highest BCUT2D eigenvalue weighted by Crippen LogP contribution is 2.37. The predicted octanol–water partition coefficient (Wildman–Crippen LogP) is 5.67. The molecular formula is C20H19ClFN3O3S2. The molecule has 0 spiro atoms. The summed E-state index contributed by atoms with van der Waals surface area (Å²) in [7, 11) is 1.48. The van der Waals surface area contributed by atoms with E-state index in [-0.39, 0.29) is 16.9 Å². The van der Waals surface area contributed by atoms with Crippen LogP contribution in [0.15, 0.2) is 40.7 Å². The molecule has 30 heavy (non-hydrogen) atoms. The van der Waals surface area contributed by atoms with Crippen LogP contribution in [0.5, 0.6) is 11.5 Å². The molecule has 1 N–H and O–H groups in total. The Labute approximate surface area is 186 Å². The van der Waals surface area contributed by atoms with Crippen LogP contribution in [0.4, 0.5) is 9.52 Å². The van der Waals surface area contributed by atoms with Gasteiger partial charge in [0.05, 0.1) is 18.2 Å². The Balaban J connectivity index is 1.66. The average molecular weight is 468 g/mol. The molecule has 0 radical (unpaired) electrons. The van der Waals surface area contributed by atoms with Crippen molar-refractivity contribution in [2.45, 2.75) is 30.0 Å². The van der Waals surface area contributed by atoms with Crippen LogP contribution in [-0.2, 0) is 5.75 Å². The number of thioether (sulfide) groups is 1. The molecule has 3 rings (SSSR count). The van der Waals surface area contributed by atoms with Crippen LogP contribution < -0.4 is 14.8 Å². The van der Waals surface area contributed by atoms with Gasteiger partial charge in [-0.2, -0.15) is 0 Å². The van der Waals surface area contributed by atoms with Gasteiger partial charge in [0.2, 0.25) is 5.13 Å². The number of amides is 1. The van der Waals surface area contributed by atoms with Crippen molar-refractivity contribution in [3.8, 4) is 11.5 Å². The Bertz CT molecular complexity index is 1030. The zero-order chi connectivity index (χ0) is 21.7. The molecule has 0 aliphatic rings. The number of benzene rings is 2. The van der Waals surface area contributed by atoms with Gasteiger partial charge in [0.1, 0.15) is 5.82 Å². The Hall–Kier alpha value is -2.36. The van der Waals surface area contributed by atoms with Crippen LogP contribution in [0.25, 0.3) is 0 Å². The summed E-state index contributed by atoms with van der Waals surface area (Å²) < 4.78 is 24.6. The molecule has 0 aliphatic heterocycles. The highest BCUT2D eigenvalue weighted by Gasteiger charge is 2.18. The Morgan fingerprint density at radius 1 is 1.27 bits per heavy atom. The van der Waals surface area contributed by atoms with E-state index < -0.39 is 5.91 Å². The second-order valence-corrected chi connectivity index (χ2v) is 9.01. The van der Waals surface area contributed by atoms with E-state index in [0.717, 1.165) is 5.56 Å². The van der Waals surface area contributed by atoms with E-state index in [4.69, 9.17) is 21.1 Å². The third-order valence-electron chi connectivity index (χ3n) is 3.75. The fourth-order valence-corrected chi connectivity index (χ4v) is 4.37. The molecule has 0 saturated heterocycles. The number of methoxy groups -OCH3 is 1. The molecule has 3 aromatic rings. The number of hydrogen-bond acceptors (Lipinski definition) is 7. The molecule has 1 aromatic heterocycles. The lowest BCUT2D eigenvalue weighted by molar-refractivity contribution is 0.102. The van der Waals surface area contributed by atoms with Gasteiger partial charge in [0.15, 0.2) is 15.8 Å². The summed E-state index contributed by atoms with van der Waals surface area (Å²) in [5.74, 6) is 0.713. The maximum Gasteiger partial charge on any atom is 0.257 e. The van der Waals surface area contributed by atoms with Crippen molar-refractivity contribution in [1.82, 2.24) is 10.2 Å². The summed E-state index contributed by atoms with van der Waals surface area (Å²) in [5, 5.41) is 11.4. The van der Waals surface area contributed by atoms with Crippen LogP contribution in [0.1, 0.15) is 29.8 Å². The highest BCUT2D eigenvalue weighted by molar-refractivity contribution is 8.00. The van der Waals surface area contributed by atoms with E-state index in [9.17, 15) is 9.18 Å². The normalized spacial score (nSPS) is 10.9. The fourth-order valence-electron chi connectivity index (χ4n) is 2.41. The molecule has 2 aromatic carbocycles. The predicted molar refractivity (Wildman–Crippen MR) is 118 cm³/mol. The topological polar surface area (TPSA) is 73.3 Å². The minimum absolute atomic E-state index is 0.0942. The van der Waals surface area contributed by atoms with Gasteiger partial charge in [-0.05, 0) is 43.7 Å². The first-order valence-electron chi connectivity index (χ1n) is 8.92. The van der Waals surface area contributed by atoms with E-state index >= 15 is 0 Å². The number of aromatic nitrogens is 2. The quantitative estimate of drug-likeness (QED) is 0.340. The Morgan fingerprint density at radius 2 is 2.00 bits per heavy atom. The van der Waals surface area contributed by atoms with Crippen molar-refractivity contribution in [3.05, 3.63) is 58.4 Å². The van der Waals surface area contributed by atoms with E-state index in [1.807, 2.05) is 13.8 Å². The lowest BCUT2D eigenvalue weighted by atomic mass is 10.2. The lowest BCUT2D eigenvalue weighted by Crippen LogP contribution is -2.13. The van der Waals surface area contributed by atoms with Crippen LogP contribution >= 0.6 is 34.7 Å². The van der Waals surface area contributed by atoms with Crippen LogP contribution in [-0.4, -0.2) is 29.3 Å². The minimum atomic E-state index is -0.391. The number of nitrogens with zero attached hydrogens (tertiary/aromatic N) is 2. The van der Waals surface area contributed by atoms with Crippen LogP contribution in [0, 0.1) is 5.82 Å². The number of halogens is 2. The highest BCUT2D eigenvalue weighted by atomic mass is 35.5. The van der Waals surface area contributed by atoms with Gasteiger partial charge in [-0.1, -0.05) is 46.8 Å². The first-order chi connectivity index (χ1) is 14.4. The number of nitrogens with one attached hydrogen (secondary N) is 1. The summed E-state index contributed by atoms with van der Waals surface area (Å²) in [6.45, 7) is 3.75. The zero-order valence-electron chi connectivity index (χ0n) is 16.4. The smallest absolute Gasteiger partial charge is 0.257 e. The van der Waals surface area contributed by atoms with Crippen molar-refractivity contribution in [2.75, 3.05) is 12.4 Å². The van der Waals surface area contributed by atoms with Gasteiger partial charge < -0.3 is 9.47 Å². The van der Waals surface area contributed by atoms with Gasteiger partial charge in [0.25, 0.3) is 5.91 Å². The zero-order valence-corrected chi connectivity index (χ0v) is 18.8. The number of ether oxygens (including phenoxy) is 2. The van der Waals surface area contributed by atoms with Gasteiger partial charge in [-0.3, -0.25) is 10.1 Å². The molecule has 158 valence electrons. The van der Waals surface area contributed by atoms with Crippen molar-refractivity contribution in [3.63, 3.8) is 0 Å². The third kappa shape index (κ3) is 5.84.